The van der Waals surface area contributed by atoms with Gasteiger partial charge in [0.25, 0.3) is 0 Å². The molecule has 0 amide bonds. The van der Waals surface area contributed by atoms with Crippen LogP contribution in [0.4, 0.5) is 0 Å². The Morgan fingerprint density at radius 3 is 1.87 bits per heavy atom. The smallest absolute Gasteiger partial charge is 0.00700 e. The van der Waals surface area contributed by atoms with Gasteiger partial charge in [-0.1, -0.05) is 122 Å². The molecule has 8 saturated carbocycles. The molecular weight excluding hydrogens is 555 g/mol. The van der Waals surface area contributed by atoms with E-state index in [0.29, 0.717) is 6.04 Å². The SMILES string of the molecule is NC1CCCCC1C1C(CC2CCCC(CCC3CCCCC3CC3CCCC4CCCCC43)C2)CCC2C3CCCCC3CC21. The third-order valence-electron chi connectivity index (χ3n) is 17.8. The Morgan fingerprint density at radius 1 is 0.348 bits per heavy atom. The van der Waals surface area contributed by atoms with Crippen LogP contribution < -0.4 is 5.73 Å². The maximum Gasteiger partial charge on any atom is 0.00700 e. The summed E-state index contributed by atoms with van der Waals surface area (Å²) in [5.74, 6) is 14.8. The summed E-state index contributed by atoms with van der Waals surface area (Å²) in [6.45, 7) is 0. The lowest BCUT2D eigenvalue weighted by molar-refractivity contribution is 0.00710. The highest BCUT2D eigenvalue weighted by molar-refractivity contribution is 5.03. The maximum atomic E-state index is 7.07. The fraction of sp³-hybridized carbons (Fsp3) is 1.00. The van der Waals surface area contributed by atoms with E-state index >= 15 is 0 Å². The molecule has 0 aromatic carbocycles. The van der Waals surface area contributed by atoms with Gasteiger partial charge in [-0.05, 0) is 153 Å². The summed E-state index contributed by atoms with van der Waals surface area (Å²) in [4.78, 5) is 0. The van der Waals surface area contributed by atoms with Crippen molar-refractivity contribution in [2.24, 2.45) is 88.6 Å². The van der Waals surface area contributed by atoms with Crippen LogP contribution in [0.5, 0.6) is 0 Å². The van der Waals surface area contributed by atoms with Gasteiger partial charge in [0.2, 0.25) is 0 Å². The number of rotatable bonds is 8. The van der Waals surface area contributed by atoms with Crippen LogP contribution >= 0.6 is 0 Å². The third kappa shape index (κ3) is 7.23. The second kappa shape index (κ2) is 15.5. The van der Waals surface area contributed by atoms with Crippen molar-refractivity contribution in [2.45, 2.75) is 199 Å². The molecule has 8 aliphatic carbocycles. The van der Waals surface area contributed by atoms with Crippen LogP contribution in [-0.2, 0) is 0 Å². The van der Waals surface area contributed by atoms with Crippen molar-refractivity contribution >= 4 is 0 Å². The molecule has 0 heterocycles. The normalized spacial score (nSPS) is 49.9. The van der Waals surface area contributed by atoms with Crippen molar-refractivity contribution in [2.75, 3.05) is 0 Å². The monoisotopic (exact) mass is 632 g/mol. The van der Waals surface area contributed by atoms with E-state index in [1.807, 2.05) is 0 Å². The first kappa shape index (κ1) is 33.1. The Labute approximate surface area is 286 Å². The van der Waals surface area contributed by atoms with E-state index in [0.717, 1.165) is 82.9 Å². The fourth-order valence-corrected chi connectivity index (χ4v) is 15.8. The Kier molecular flexibility index (Phi) is 11.1. The summed E-state index contributed by atoms with van der Waals surface area (Å²) in [5, 5.41) is 0. The number of fused-ring (bicyclic) bond motifs is 4. The molecule has 262 valence electrons. The molecule has 0 radical (unpaired) electrons. The van der Waals surface area contributed by atoms with Gasteiger partial charge in [-0.3, -0.25) is 0 Å². The standard InChI is InChI=1S/C45H77N/c46-44-22-8-7-21-42(44)45-38(25-26-41-40-20-6-4-16-37(40)30-43(41)45)28-32-12-9-11-31(27-32)23-24-33-13-1-2-15-35(33)29-36-18-10-17-34-14-3-5-19-39(34)36/h31-45H,1-30,46H2. The molecule has 15 unspecified atom stereocenters. The highest BCUT2D eigenvalue weighted by Gasteiger charge is 2.53. The molecule has 8 fully saturated rings. The second-order valence-corrected chi connectivity index (χ2v) is 20.0. The van der Waals surface area contributed by atoms with E-state index < -0.39 is 0 Å². The van der Waals surface area contributed by atoms with Crippen molar-refractivity contribution in [1.82, 2.24) is 0 Å². The molecule has 8 aliphatic rings. The van der Waals surface area contributed by atoms with Crippen LogP contribution in [0, 0.1) is 82.9 Å². The van der Waals surface area contributed by atoms with Gasteiger partial charge in [0.1, 0.15) is 0 Å². The zero-order valence-corrected chi connectivity index (χ0v) is 30.5. The minimum atomic E-state index is 0.516. The lowest BCUT2D eigenvalue weighted by atomic mass is 9.56. The number of hydrogen-bond acceptors (Lipinski definition) is 1. The van der Waals surface area contributed by atoms with E-state index in [2.05, 4.69) is 0 Å². The van der Waals surface area contributed by atoms with Crippen LogP contribution in [0.15, 0.2) is 0 Å². The summed E-state index contributed by atoms with van der Waals surface area (Å²) in [6.07, 6.45) is 46.6. The molecule has 0 spiro atoms. The first-order valence-electron chi connectivity index (χ1n) is 22.5. The molecule has 1 nitrogen and oxygen atoms in total. The van der Waals surface area contributed by atoms with Gasteiger partial charge in [0.05, 0.1) is 0 Å². The van der Waals surface area contributed by atoms with Gasteiger partial charge in [-0.15, -0.1) is 0 Å². The fourth-order valence-electron chi connectivity index (χ4n) is 15.8. The Bertz CT molecular complexity index is 939. The molecule has 1 heteroatoms. The lowest BCUT2D eigenvalue weighted by Gasteiger charge is -2.49. The Morgan fingerprint density at radius 2 is 1.00 bits per heavy atom. The molecule has 15 atom stereocenters. The van der Waals surface area contributed by atoms with E-state index in [-0.39, 0.29) is 0 Å². The van der Waals surface area contributed by atoms with Gasteiger partial charge in [-0.25, -0.2) is 0 Å². The number of hydrogen-bond donors (Lipinski definition) is 1. The summed E-state index contributed by atoms with van der Waals surface area (Å²) < 4.78 is 0. The van der Waals surface area contributed by atoms with Gasteiger partial charge in [0, 0.05) is 6.04 Å². The van der Waals surface area contributed by atoms with Crippen molar-refractivity contribution in [3.05, 3.63) is 0 Å². The molecule has 8 rings (SSSR count). The maximum absolute atomic E-state index is 7.07. The summed E-state index contributed by atoms with van der Waals surface area (Å²) in [5.41, 5.74) is 7.07. The summed E-state index contributed by atoms with van der Waals surface area (Å²) in [7, 11) is 0. The van der Waals surface area contributed by atoms with E-state index in [1.54, 1.807) is 154 Å². The molecule has 0 aromatic heterocycles. The molecule has 0 bridgehead atoms. The van der Waals surface area contributed by atoms with Crippen LogP contribution in [0.25, 0.3) is 0 Å². The second-order valence-electron chi connectivity index (χ2n) is 20.0. The zero-order valence-electron chi connectivity index (χ0n) is 30.5. The third-order valence-corrected chi connectivity index (χ3v) is 17.8. The van der Waals surface area contributed by atoms with E-state index in [1.165, 1.54) is 38.5 Å². The summed E-state index contributed by atoms with van der Waals surface area (Å²) >= 11 is 0. The quantitative estimate of drug-likeness (QED) is 0.283. The van der Waals surface area contributed by atoms with Crippen LogP contribution in [0.2, 0.25) is 0 Å². The molecule has 46 heavy (non-hydrogen) atoms. The highest BCUT2D eigenvalue weighted by atomic mass is 14.7. The van der Waals surface area contributed by atoms with E-state index in [9.17, 15) is 0 Å². The minimum absolute atomic E-state index is 0.516. The first-order chi connectivity index (χ1) is 22.7. The van der Waals surface area contributed by atoms with E-state index in [4.69, 9.17) is 5.73 Å². The molecule has 0 aromatic rings. The molecular formula is C45H77N. The van der Waals surface area contributed by atoms with Crippen molar-refractivity contribution in [3.63, 3.8) is 0 Å². The van der Waals surface area contributed by atoms with Crippen molar-refractivity contribution < 1.29 is 0 Å². The number of nitrogens with two attached hydrogens (primary N) is 1. The van der Waals surface area contributed by atoms with Crippen molar-refractivity contribution in [3.8, 4) is 0 Å². The predicted octanol–water partition coefficient (Wildman–Crippen LogP) is 12.8. The van der Waals surface area contributed by atoms with Crippen molar-refractivity contribution in [1.29, 1.82) is 0 Å². The highest BCUT2D eigenvalue weighted by Crippen LogP contribution is 2.61. The Balaban J connectivity index is 0.879. The van der Waals surface area contributed by atoms with Crippen LogP contribution in [0.3, 0.4) is 0 Å². The molecule has 0 aliphatic heterocycles. The van der Waals surface area contributed by atoms with Crippen LogP contribution in [-0.4, -0.2) is 6.04 Å². The molecule has 2 N–H and O–H groups in total. The zero-order chi connectivity index (χ0) is 30.9. The topological polar surface area (TPSA) is 26.0 Å². The minimum Gasteiger partial charge on any atom is -0.327 e. The average molecular weight is 632 g/mol. The van der Waals surface area contributed by atoms with Crippen LogP contribution in [0.1, 0.15) is 193 Å². The summed E-state index contributed by atoms with van der Waals surface area (Å²) in [6, 6.07) is 0.516. The van der Waals surface area contributed by atoms with Gasteiger partial charge < -0.3 is 5.73 Å². The van der Waals surface area contributed by atoms with Gasteiger partial charge >= 0.3 is 0 Å². The predicted molar refractivity (Wildman–Crippen MR) is 195 cm³/mol. The average Bonchev–Trinajstić information content (AvgIpc) is 3.47. The van der Waals surface area contributed by atoms with Gasteiger partial charge in [0.15, 0.2) is 0 Å². The molecule has 0 saturated heterocycles. The lowest BCUT2D eigenvalue weighted by Crippen LogP contribution is -2.47. The van der Waals surface area contributed by atoms with Gasteiger partial charge in [-0.2, -0.15) is 0 Å². The largest absolute Gasteiger partial charge is 0.327 e. The first-order valence-corrected chi connectivity index (χ1v) is 22.5. The Hall–Kier alpha value is -0.0400.